The van der Waals surface area contributed by atoms with Crippen molar-refractivity contribution in [1.82, 2.24) is 0 Å². The quantitative estimate of drug-likeness (QED) is 0.520. The fourth-order valence-electron chi connectivity index (χ4n) is 1.20. The Morgan fingerprint density at radius 1 is 1.06 bits per heavy atom. The van der Waals surface area contributed by atoms with Gasteiger partial charge in [0, 0.05) is 12.8 Å². The molecule has 0 amide bonds. The molecule has 106 valence electrons. The van der Waals surface area contributed by atoms with Gasteiger partial charge in [-0.25, -0.2) is 0 Å². The summed E-state index contributed by atoms with van der Waals surface area (Å²) in [5.74, 6) is -0.393. The fraction of sp³-hybridized carbons (Fsp3) is 0.857. The predicted octanol–water partition coefficient (Wildman–Crippen LogP) is 3.09. The zero-order valence-corrected chi connectivity index (χ0v) is 12.2. The fourth-order valence-corrected chi connectivity index (χ4v) is 1.20. The van der Waals surface area contributed by atoms with Gasteiger partial charge in [-0.15, -0.1) is 0 Å². The van der Waals surface area contributed by atoms with E-state index in [1.165, 1.54) is 0 Å². The highest BCUT2D eigenvalue weighted by Crippen LogP contribution is 2.22. The Labute approximate surface area is 110 Å². The molecule has 18 heavy (non-hydrogen) atoms. The Balaban J connectivity index is 3.69. The summed E-state index contributed by atoms with van der Waals surface area (Å²) in [6.07, 6.45) is 1.96. The SMILES string of the molecule is CCOC(=O)CCCCC(=O)OC(C)C(C)(C)C. The third-order valence-corrected chi connectivity index (χ3v) is 2.84. The van der Waals surface area contributed by atoms with Crippen molar-refractivity contribution in [2.75, 3.05) is 6.61 Å². The summed E-state index contributed by atoms with van der Waals surface area (Å²) in [5.41, 5.74) is -0.0411. The molecule has 0 saturated carbocycles. The van der Waals surface area contributed by atoms with E-state index in [0.717, 1.165) is 0 Å². The van der Waals surface area contributed by atoms with Crippen LogP contribution in [0.5, 0.6) is 0 Å². The summed E-state index contributed by atoms with van der Waals surface area (Å²) in [6.45, 7) is 10.2. The summed E-state index contributed by atoms with van der Waals surface area (Å²) in [5, 5.41) is 0. The number of unbranched alkanes of at least 4 members (excludes halogenated alkanes) is 1. The molecule has 0 aromatic rings. The number of carbonyl (C=O) groups is 2. The molecule has 0 heterocycles. The molecule has 0 aromatic heterocycles. The van der Waals surface area contributed by atoms with E-state index >= 15 is 0 Å². The molecule has 0 aromatic carbocycles. The minimum atomic E-state index is -0.200. The van der Waals surface area contributed by atoms with Crippen LogP contribution >= 0.6 is 0 Å². The van der Waals surface area contributed by atoms with Crippen LogP contribution in [-0.2, 0) is 19.1 Å². The van der Waals surface area contributed by atoms with E-state index in [-0.39, 0.29) is 23.5 Å². The topological polar surface area (TPSA) is 52.6 Å². The first-order chi connectivity index (χ1) is 8.27. The number of esters is 2. The van der Waals surface area contributed by atoms with Gasteiger partial charge in [0.1, 0.15) is 6.10 Å². The second-order valence-electron chi connectivity index (χ2n) is 5.51. The molecule has 0 aliphatic rings. The second-order valence-corrected chi connectivity index (χ2v) is 5.51. The highest BCUT2D eigenvalue weighted by atomic mass is 16.5. The Morgan fingerprint density at radius 3 is 2.00 bits per heavy atom. The Bertz CT molecular complexity index is 265. The van der Waals surface area contributed by atoms with E-state index in [4.69, 9.17) is 9.47 Å². The molecule has 0 aliphatic heterocycles. The molecule has 0 N–H and O–H groups in total. The van der Waals surface area contributed by atoms with Gasteiger partial charge in [0.15, 0.2) is 0 Å². The van der Waals surface area contributed by atoms with E-state index in [2.05, 4.69) is 0 Å². The molecule has 0 radical (unpaired) electrons. The van der Waals surface area contributed by atoms with Gasteiger partial charge in [-0.3, -0.25) is 9.59 Å². The molecule has 0 spiro atoms. The van der Waals surface area contributed by atoms with Crippen molar-refractivity contribution in [2.24, 2.45) is 5.41 Å². The minimum absolute atomic E-state index is 0.0411. The minimum Gasteiger partial charge on any atom is -0.466 e. The smallest absolute Gasteiger partial charge is 0.306 e. The lowest BCUT2D eigenvalue weighted by Gasteiger charge is -2.26. The van der Waals surface area contributed by atoms with E-state index in [1.807, 2.05) is 27.7 Å². The maximum atomic E-state index is 11.5. The highest BCUT2D eigenvalue weighted by Gasteiger charge is 2.23. The number of hydrogen-bond donors (Lipinski definition) is 0. The van der Waals surface area contributed by atoms with Crippen LogP contribution in [-0.4, -0.2) is 24.6 Å². The molecular weight excluding hydrogens is 232 g/mol. The Morgan fingerprint density at radius 2 is 1.56 bits per heavy atom. The third-order valence-electron chi connectivity index (χ3n) is 2.84. The van der Waals surface area contributed by atoms with E-state index in [0.29, 0.717) is 32.3 Å². The van der Waals surface area contributed by atoms with Gasteiger partial charge in [-0.2, -0.15) is 0 Å². The lowest BCUT2D eigenvalue weighted by Crippen LogP contribution is -2.28. The number of carbonyl (C=O) groups excluding carboxylic acids is 2. The van der Waals surface area contributed by atoms with Crippen molar-refractivity contribution in [2.45, 2.75) is 66.4 Å². The summed E-state index contributed by atoms with van der Waals surface area (Å²) < 4.78 is 10.1. The number of hydrogen-bond acceptors (Lipinski definition) is 4. The summed E-state index contributed by atoms with van der Waals surface area (Å²) in [6, 6.07) is 0. The monoisotopic (exact) mass is 258 g/mol. The molecule has 4 heteroatoms. The van der Waals surface area contributed by atoms with Gasteiger partial charge in [0.05, 0.1) is 6.61 Å². The summed E-state index contributed by atoms with van der Waals surface area (Å²) in [4.78, 5) is 22.6. The van der Waals surface area contributed by atoms with Crippen LogP contribution in [0.2, 0.25) is 0 Å². The lowest BCUT2D eigenvalue weighted by atomic mass is 9.90. The van der Waals surface area contributed by atoms with Crippen LogP contribution in [0.4, 0.5) is 0 Å². The Hall–Kier alpha value is -1.06. The predicted molar refractivity (Wildman–Crippen MR) is 70.1 cm³/mol. The van der Waals surface area contributed by atoms with Crippen LogP contribution in [0.25, 0.3) is 0 Å². The van der Waals surface area contributed by atoms with Crippen molar-refractivity contribution in [3.8, 4) is 0 Å². The first-order valence-electron chi connectivity index (χ1n) is 6.62. The second kappa shape index (κ2) is 8.11. The van der Waals surface area contributed by atoms with Gasteiger partial charge >= 0.3 is 11.9 Å². The van der Waals surface area contributed by atoms with Crippen LogP contribution in [0, 0.1) is 5.41 Å². The van der Waals surface area contributed by atoms with Crippen LogP contribution in [0.3, 0.4) is 0 Å². The summed E-state index contributed by atoms with van der Waals surface area (Å²) in [7, 11) is 0. The highest BCUT2D eigenvalue weighted by molar-refractivity contribution is 5.70. The zero-order valence-electron chi connectivity index (χ0n) is 12.2. The average Bonchev–Trinajstić information content (AvgIpc) is 2.23. The zero-order chi connectivity index (χ0) is 14.2. The molecule has 1 atom stereocenters. The molecular formula is C14H26O4. The maximum absolute atomic E-state index is 11.5. The van der Waals surface area contributed by atoms with Crippen molar-refractivity contribution >= 4 is 11.9 Å². The van der Waals surface area contributed by atoms with Gasteiger partial charge in [-0.05, 0) is 32.1 Å². The normalized spacial score (nSPS) is 12.9. The average molecular weight is 258 g/mol. The van der Waals surface area contributed by atoms with Crippen molar-refractivity contribution in [1.29, 1.82) is 0 Å². The van der Waals surface area contributed by atoms with Gasteiger partial charge in [0.25, 0.3) is 0 Å². The number of rotatable bonds is 7. The molecule has 4 nitrogen and oxygen atoms in total. The van der Waals surface area contributed by atoms with E-state index in [1.54, 1.807) is 6.92 Å². The van der Waals surface area contributed by atoms with E-state index in [9.17, 15) is 9.59 Å². The Kier molecular flexibility index (Phi) is 7.64. The first-order valence-corrected chi connectivity index (χ1v) is 6.62. The first kappa shape index (κ1) is 16.9. The third kappa shape index (κ3) is 8.09. The maximum Gasteiger partial charge on any atom is 0.306 e. The largest absolute Gasteiger partial charge is 0.466 e. The molecule has 0 aliphatic carbocycles. The van der Waals surface area contributed by atoms with Crippen molar-refractivity contribution < 1.29 is 19.1 Å². The van der Waals surface area contributed by atoms with E-state index < -0.39 is 0 Å². The van der Waals surface area contributed by atoms with Crippen LogP contribution < -0.4 is 0 Å². The summed E-state index contributed by atoms with van der Waals surface area (Å²) >= 11 is 0. The van der Waals surface area contributed by atoms with Crippen molar-refractivity contribution in [3.63, 3.8) is 0 Å². The lowest BCUT2D eigenvalue weighted by molar-refractivity contribution is -0.153. The van der Waals surface area contributed by atoms with Crippen LogP contribution in [0.15, 0.2) is 0 Å². The molecule has 1 unspecified atom stereocenters. The molecule has 0 rings (SSSR count). The molecule has 0 fully saturated rings. The number of ether oxygens (including phenoxy) is 2. The van der Waals surface area contributed by atoms with Gasteiger partial charge in [-0.1, -0.05) is 20.8 Å². The molecule has 0 saturated heterocycles. The van der Waals surface area contributed by atoms with Crippen molar-refractivity contribution in [3.05, 3.63) is 0 Å². The van der Waals surface area contributed by atoms with Crippen LogP contribution in [0.1, 0.15) is 60.3 Å². The van der Waals surface area contributed by atoms with Gasteiger partial charge in [0.2, 0.25) is 0 Å². The van der Waals surface area contributed by atoms with Gasteiger partial charge < -0.3 is 9.47 Å². The standard InChI is InChI=1S/C14H26O4/c1-6-17-12(15)9-7-8-10-13(16)18-11(2)14(3,4)5/h11H,6-10H2,1-5H3. The molecule has 0 bridgehead atoms.